The van der Waals surface area contributed by atoms with E-state index in [4.69, 9.17) is 0 Å². The predicted octanol–water partition coefficient (Wildman–Crippen LogP) is 3.84. The van der Waals surface area contributed by atoms with Gasteiger partial charge in [0.1, 0.15) is 5.82 Å². The Morgan fingerprint density at radius 1 is 1.15 bits per heavy atom. The lowest BCUT2D eigenvalue weighted by atomic mass is 10.1. The van der Waals surface area contributed by atoms with Crippen molar-refractivity contribution >= 4 is 11.5 Å². The van der Waals surface area contributed by atoms with E-state index in [9.17, 15) is 9.18 Å². The molecule has 0 saturated heterocycles. The van der Waals surface area contributed by atoms with Gasteiger partial charge in [-0.15, -0.1) is 0 Å². The SMILES string of the molecule is CCN(CC(=O)c1ccc(C)cc1)c1cccc(F)c1. The Labute approximate surface area is 118 Å². The van der Waals surface area contributed by atoms with E-state index >= 15 is 0 Å². The zero-order valence-corrected chi connectivity index (χ0v) is 11.8. The molecular weight excluding hydrogens is 253 g/mol. The average molecular weight is 271 g/mol. The lowest BCUT2D eigenvalue weighted by Crippen LogP contribution is -2.29. The van der Waals surface area contributed by atoms with Crippen molar-refractivity contribution in [3.8, 4) is 0 Å². The molecule has 104 valence electrons. The van der Waals surface area contributed by atoms with Crippen molar-refractivity contribution in [1.82, 2.24) is 0 Å². The van der Waals surface area contributed by atoms with E-state index in [2.05, 4.69) is 0 Å². The highest BCUT2D eigenvalue weighted by Gasteiger charge is 2.12. The number of anilines is 1. The van der Waals surface area contributed by atoms with Gasteiger partial charge in [-0.3, -0.25) is 4.79 Å². The van der Waals surface area contributed by atoms with Gasteiger partial charge in [0.2, 0.25) is 0 Å². The van der Waals surface area contributed by atoms with Crippen molar-refractivity contribution in [2.45, 2.75) is 13.8 Å². The third kappa shape index (κ3) is 3.44. The first-order chi connectivity index (χ1) is 9.60. The fourth-order valence-corrected chi connectivity index (χ4v) is 2.06. The number of carbonyl (C=O) groups is 1. The molecule has 0 N–H and O–H groups in total. The molecule has 0 atom stereocenters. The lowest BCUT2D eigenvalue weighted by Gasteiger charge is -2.22. The van der Waals surface area contributed by atoms with Gasteiger partial charge in [-0.05, 0) is 32.0 Å². The predicted molar refractivity (Wildman–Crippen MR) is 79.8 cm³/mol. The largest absolute Gasteiger partial charge is 0.364 e. The number of likely N-dealkylation sites (N-methyl/N-ethyl adjacent to an activating group) is 1. The molecule has 0 aliphatic carbocycles. The summed E-state index contributed by atoms with van der Waals surface area (Å²) >= 11 is 0. The van der Waals surface area contributed by atoms with Crippen LogP contribution in [0.25, 0.3) is 0 Å². The number of benzene rings is 2. The number of hydrogen-bond acceptors (Lipinski definition) is 2. The molecule has 0 fully saturated rings. The molecule has 0 spiro atoms. The topological polar surface area (TPSA) is 20.3 Å². The van der Waals surface area contributed by atoms with E-state index in [0.717, 1.165) is 11.3 Å². The molecular formula is C17H18FNO. The third-order valence-electron chi connectivity index (χ3n) is 3.26. The maximum absolute atomic E-state index is 13.3. The van der Waals surface area contributed by atoms with Crippen molar-refractivity contribution in [3.05, 3.63) is 65.5 Å². The van der Waals surface area contributed by atoms with Crippen LogP contribution in [0.5, 0.6) is 0 Å². The zero-order valence-electron chi connectivity index (χ0n) is 11.8. The molecule has 0 aliphatic rings. The molecule has 0 unspecified atom stereocenters. The minimum Gasteiger partial charge on any atom is -0.364 e. The van der Waals surface area contributed by atoms with Gasteiger partial charge in [-0.25, -0.2) is 4.39 Å². The molecule has 2 aromatic carbocycles. The summed E-state index contributed by atoms with van der Waals surface area (Å²) in [6, 6.07) is 13.8. The maximum Gasteiger partial charge on any atom is 0.182 e. The molecule has 2 aromatic rings. The van der Waals surface area contributed by atoms with E-state index in [1.807, 2.05) is 49.1 Å². The Balaban J connectivity index is 2.14. The summed E-state index contributed by atoms with van der Waals surface area (Å²) in [6.45, 7) is 4.84. The number of Topliss-reactive ketones (excluding diaryl/α,β-unsaturated/α-hetero) is 1. The molecule has 2 nitrogen and oxygen atoms in total. The molecule has 0 saturated carbocycles. The third-order valence-corrected chi connectivity index (χ3v) is 3.26. The number of hydrogen-bond donors (Lipinski definition) is 0. The first-order valence-corrected chi connectivity index (χ1v) is 6.70. The Hall–Kier alpha value is -2.16. The Morgan fingerprint density at radius 3 is 2.45 bits per heavy atom. The second kappa shape index (κ2) is 6.33. The summed E-state index contributed by atoms with van der Waals surface area (Å²) in [7, 11) is 0. The monoisotopic (exact) mass is 271 g/mol. The van der Waals surface area contributed by atoms with Crippen LogP contribution in [-0.4, -0.2) is 18.9 Å². The van der Waals surface area contributed by atoms with Gasteiger partial charge in [0.15, 0.2) is 5.78 Å². The van der Waals surface area contributed by atoms with Gasteiger partial charge < -0.3 is 4.90 Å². The number of carbonyl (C=O) groups excluding carboxylic acids is 1. The summed E-state index contributed by atoms with van der Waals surface area (Å²) in [4.78, 5) is 14.1. The number of nitrogens with zero attached hydrogens (tertiary/aromatic N) is 1. The van der Waals surface area contributed by atoms with Crippen molar-refractivity contribution in [2.75, 3.05) is 18.0 Å². The maximum atomic E-state index is 13.3. The van der Waals surface area contributed by atoms with E-state index in [-0.39, 0.29) is 18.1 Å². The number of ketones is 1. The van der Waals surface area contributed by atoms with Crippen LogP contribution in [-0.2, 0) is 0 Å². The molecule has 0 heterocycles. The summed E-state index contributed by atoms with van der Waals surface area (Å²) in [5, 5.41) is 0. The lowest BCUT2D eigenvalue weighted by molar-refractivity contribution is 0.0999. The van der Waals surface area contributed by atoms with Crippen LogP contribution in [0.2, 0.25) is 0 Å². The number of halogens is 1. The standard InChI is InChI=1S/C17H18FNO/c1-3-19(16-6-4-5-15(18)11-16)12-17(20)14-9-7-13(2)8-10-14/h4-11H,3,12H2,1-2H3. The molecule has 0 radical (unpaired) electrons. The fraction of sp³-hybridized carbons (Fsp3) is 0.235. The molecule has 0 amide bonds. The van der Waals surface area contributed by atoms with Crippen LogP contribution in [0.1, 0.15) is 22.8 Å². The van der Waals surface area contributed by atoms with Crippen molar-refractivity contribution in [2.24, 2.45) is 0 Å². The van der Waals surface area contributed by atoms with E-state index in [1.165, 1.54) is 12.1 Å². The van der Waals surface area contributed by atoms with E-state index in [0.29, 0.717) is 12.1 Å². The molecule has 3 heteroatoms. The average Bonchev–Trinajstić information content (AvgIpc) is 2.45. The highest BCUT2D eigenvalue weighted by molar-refractivity contribution is 5.99. The fourth-order valence-electron chi connectivity index (χ4n) is 2.06. The van der Waals surface area contributed by atoms with Crippen molar-refractivity contribution in [1.29, 1.82) is 0 Å². The van der Waals surface area contributed by atoms with Crippen LogP contribution in [0, 0.1) is 12.7 Å². The second-order valence-electron chi connectivity index (χ2n) is 4.78. The van der Waals surface area contributed by atoms with Crippen LogP contribution in [0.3, 0.4) is 0 Å². The zero-order chi connectivity index (χ0) is 14.5. The van der Waals surface area contributed by atoms with Crippen LogP contribution in [0.4, 0.5) is 10.1 Å². The van der Waals surface area contributed by atoms with Gasteiger partial charge in [-0.1, -0.05) is 35.9 Å². The smallest absolute Gasteiger partial charge is 0.182 e. The van der Waals surface area contributed by atoms with Crippen molar-refractivity contribution in [3.63, 3.8) is 0 Å². The van der Waals surface area contributed by atoms with Crippen LogP contribution in [0.15, 0.2) is 48.5 Å². The Morgan fingerprint density at radius 2 is 1.85 bits per heavy atom. The first-order valence-electron chi connectivity index (χ1n) is 6.70. The summed E-state index contributed by atoms with van der Waals surface area (Å²) in [6.07, 6.45) is 0. The Kier molecular flexibility index (Phi) is 4.51. The second-order valence-corrected chi connectivity index (χ2v) is 4.78. The van der Waals surface area contributed by atoms with Gasteiger partial charge in [0.05, 0.1) is 6.54 Å². The van der Waals surface area contributed by atoms with E-state index in [1.54, 1.807) is 6.07 Å². The van der Waals surface area contributed by atoms with Gasteiger partial charge >= 0.3 is 0 Å². The summed E-state index contributed by atoms with van der Waals surface area (Å²) < 4.78 is 13.3. The first kappa shape index (κ1) is 14.3. The van der Waals surface area contributed by atoms with Gasteiger partial charge in [-0.2, -0.15) is 0 Å². The molecule has 0 bridgehead atoms. The highest BCUT2D eigenvalue weighted by Crippen LogP contribution is 2.16. The van der Waals surface area contributed by atoms with Gasteiger partial charge in [0, 0.05) is 17.8 Å². The molecule has 2 rings (SSSR count). The van der Waals surface area contributed by atoms with Crippen LogP contribution >= 0.6 is 0 Å². The van der Waals surface area contributed by atoms with E-state index < -0.39 is 0 Å². The quantitative estimate of drug-likeness (QED) is 0.770. The normalized spacial score (nSPS) is 10.3. The molecule has 20 heavy (non-hydrogen) atoms. The molecule has 0 aromatic heterocycles. The summed E-state index contributed by atoms with van der Waals surface area (Å²) in [5.74, 6) is -0.250. The minimum absolute atomic E-state index is 0.0381. The minimum atomic E-state index is -0.288. The molecule has 0 aliphatic heterocycles. The summed E-state index contributed by atoms with van der Waals surface area (Å²) in [5.41, 5.74) is 2.54. The number of aryl methyl sites for hydroxylation is 1. The van der Waals surface area contributed by atoms with Crippen LogP contribution < -0.4 is 4.90 Å². The Bertz CT molecular complexity index is 592. The van der Waals surface area contributed by atoms with Crippen molar-refractivity contribution < 1.29 is 9.18 Å². The van der Waals surface area contributed by atoms with Gasteiger partial charge in [0.25, 0.3) is 0 Å². The highest BCUT2D eigenvalue weighted by atomic mass is 19.1. The number of rotatable bonds is 5.